The highest BCUT2D eigenvalue weighted by Gasteiger charge is 2.12. The zero-order valence-corrected chi connectivity index (χ0v) is 11.2. The van der Waals surface area contributed by atoms with Gasteiger partial charge in [-0.05, 0) is 47.3 Å². The molecule has 0 amide bonds. The van der Waals surface area contributed by atoms with Crippen LogP contribution >= 0.6 is 0 Å². The van der Waals surface area contributed by atoms with E-state index in [0.717, 1.165) is 12.1 Å². The standard InChI is InChI=1S/C17H10F2O3/c18-15-6-10(17(21)22)2-4-13(15)11-5-9-1-3-12(20)8-14(9)16(19)7-11/h1-8,20H,(H,21,22). The number of carboxylic acid groups (broad SMARTS) is 1. The fourth-order valence-electron chi connectivity index (χ4n) is 2.34. The number of carboxylic acids is 1. The quantitative estimate of drug-likeness (QED) is 0.746. The second kappa shape index (κ2) is 5.11. The van der Waals surface area contributed by atoms with Gasteiger partial charge < -0.3 is 10.2 Å². The second-order valence-electron chi connectivity index (χ2n) is 4.86. The maximum atomic E-state index is 14.1. The number of hydrogen-bond acceptors (Lipinski definition) is 2. The van der Waals surface area contributed by atoms with Crippen LogP contribution in [0.15, 0.2) is 48.5 Å². The second-order valence-corrected chi connectivity index (χ2v) is 4.86. The van der Waals surface area contributed by atoms with E-state index in [0.29, 0.717) is 10.9 Å². The number of aromatic carboxylic acids is 1. The van der Waals surface area contributed by atoms with Crippen LogP contribution in [-0.2, 0) is 0 Å². The van der Waals surface area contributed by atoms with Crippen molar-refractivity contribution in [3.05, 3.63) is 65.7 Å². The zero-order chi connectivity index (χ0) is 15.9. The van der Waals surface area contributed by atoms with Gasteiger partial charge >= 0.3 is 5.97 Å². The van der Waals surface area contributed by atoms with Gasteiger partial charge in [0.2, 0.25) is 0 Å². The van der Waals surface area contributed by atoms with Crippen molar-refractivity contribution >= 4 is 16.7 Å². The lowest BCUT2D eigenvalue weighted by molar-refractivity contribution is 0.0696. The number of rotatable bonds is 2. The van der Waals surface area contributed by atoms with Crippen molar-refractivity contribution in [2.45, 2.75) is 0 Å². The van der Waals surface area contributed by atoms with Crippen molar-refractivity contribution in [1.29, 1.82) is 0 Å². The van der Waals surface area contributed by atoms with Crippen LogP contribution in [0.1, 0.15) is 10.4 Å². The Labute approximate surface area is 124 Å². The predicted octanol–water partition coefficient (Wildman–Crippen LogP) is 4.19. The fourth-order valence-corrected chi connectivity index (χ4v) is 2.34. The van der Waals surface area contributed by atoms with Crippen molar-refractivity contribution in [3.8, 4) is 16.9 Å². The van der Waals surface area contributed by atoms with Gasteiger partial charge in [-0.15, -0.1) is 0 Å². The number of carbonyl (C=O) groups is 1. The van der Waals surface area contributed by atoms with Crippen LogP contribution in [-0.4, -0.2) is 16.2 Å². The lowest BCUT2D eigenvalue weighted by Gasteiger charge is -2.08. The van der Waals surface area contributed by atoms with Crippen molar-refractivity contribution in [3.63, 3.8) is 0 Å². The molecule has 0 aliphatic carbocycles. The first-order valence-electron chi connectivity index (χ1n) is 6.41. The number of benzene rings is 3. The van der Waals surface area contributed by atoms with Crippen molar-refractivity contribution in [2.75, 3.05) is 0 Å². The van der Waals surface area contributed by atoms with E-state index < -0.39 is 17.6 Å². The zero-order valence-electron chi connectivity index (χ0n) is 11.2. The Balaban J connectivity index is 2.18. The number of phenolic OH excluding ortho intramolecular Hbond substituents is 1. The lowest BCUT2D eigenvalue weighted by Crippen LogP contribution is -1.97. The maximum Gasteiger partial charge on any atom is 0.335 e. The van der Waals surface area contributed by atoms with E-state index in [9.17, 15) is 18.7 Å². The molecule has 3 aromatic carbocycles. The minimum atomic E-state index is -1.23. The van der Waals surface area contributed by atoms with Gasteiger partial charge in [0.25, 0.3) is 0 Å². The van der Waals surface area contributed by atoms with Crippen LogP contribution in [0.5, 0.6) is 5.75 Å². The highest BCUT2D eigenvalue weighted by molar-refractivity contribution is 5.91. The minimum Gasteiger partial charge on any atom is -0.508 e. The molecular weight excluding hydrogens is 290 g/mol. The van der Waals surface area contributed by atoms with Crippen LogP contribution in [0.3, 0.4) is 0 Å². The molecule has 0 aliphatic heterocycles. The summed E-state index contributed by atoms with van der Waals surface area (Å²) < 4.78 is 28.2. The molecule has 2 N–H and O–H groups in total. The Morgan fingerprint density at radius 2 is 1.68 bits per heavy atom. The van der Waals surface area contributed by atoms with Crippen molar-refractivity contribution < 1.29 is 23.8 Å². The van der Waals surface area contributed by atoms with Gasteiger partial charge in [-0.3, -0.25) is 0 Å². The molecule has 0 atom stereocenters. The first-order chi connectivity index (χ1) is 10.5. The van der Waals surface area contributed by atoms with Gasteiger partial charge in [-0.25, -0.2) is 13.6 Å². The summed E-state index contributed by atoms with van der Waals surface area (Å²) in [7, 11) is 0. The summed E-state index contributed by atoms with van der Waals surface area (Å²) in [5.74, 6) is -2.62. The first kappa shape index (κ1) is 14.0. The molecule has 3 rings (SSSR count). The van der Waals surface area contributed by atoms with Crippen LogP contribution in [0.4, 0.5) is 8.78 Å². The van der Waals surface area contributed by atoms with Gasteiger partial charge in [0, 0.05) is 10.9 Å². The molecule has 0 bridgehead atoms. The summed E-state index contributed by atoms with van der Waals surface area (Å²) in [6.07, 6.45) is 0. The first-order valence-corrected chi connectivity index (χ1v) is 6.41. The monoisotopic (exact) mass is 300 g/mol. The smallest absolute Gasteiger partial charge is 0.335 e. The van der Waals surface area contributed by atoms with E-state index in [1.807, 2.05) is 0 Å². The third-order valence-corrected chi connectivity index (χ3v) is 3.41. The van der Waals surface area contributed by atoms with E-state index in [2.05, 4.69) is 0 Å². The number of halogens is 2. The molecule has 0 radical (unpaired) electrons. The lowest BCUT2D eigenvalue weighted by atomic mass is 9.99. The van der Waals surface area contributed by atoms with Gasteiger partial charge in [-0.1, -0.05) is 12.1 Å². The summed E-state index contributed by atoms with van der Waals surface area (Å²) in [5.41, 5.74) is 0.233. The Morgan fingerprint density at radius 3 is 2.36 bits per heavy atom. The van der Waals surface area contributed by atoms with Gasteiger partial charge in [0.1, 0.15) is 17.4 Å². The molecule has 0 saturated carbocycles. The van der Waals surface area contributed by atoms with Crippen LogP contribution in [0.25, 0.3) is 21.9 Å². The predicted molar refractivity (Wildman–Crippen MR) is 77.9 cm³/mol. The molecule has 0 spiro atoms. The van der Waals surface area contributed by atoms with Gasteiger partial charge in [-0.2, -0.15) is 0 Å². The third-order valence-electron chi connectivity index (χ3n) is 3.41. The molecule has 0 fully saturated rings. The largest absolute Gasteiger partial charge is 0.508 e. The van der Waals surface area contributed by atoms with Crippen LogP contribution in [0, 0.1) is 11.6 Å². The average molecular weight is 300 g/mol. The molecule has 3 nitrogen and oxygen atoms in total. The van der Waals surface area contributed by atoms with Gasteiger partial charge in [0.15, 0.2) is 0 Å². The Hall–Kier alpha value is -2.95. The van der Waals surface area contributed by atoms with E-state index in [1.165, 1.54) is 30.3 Å². The number of hydrogen-bond donors (Lipinski definition) is 2. The Morgan fingerprint density at radius 1 is 0.909 bits per heavy atom. The third kappa shape index (κ3) is 2.37. The topological polar surface area (TPSA) is 57.5 Å². The van der Waals surface area contributed by atoms with Crippen LogP contribution < -0.4 is 0 Å². The van der Waals surface area contributed by atoms with Gasteiger partial charge in [0.05, 0.1) is 5.56 Å². The van der Waals surface area contributed by atoms with Crippen molar-refractivity contribution in [2.24, 2.45) is 0 Å². The van der Waals surface area contributed by atoms with Crippen LogP contribution in [0.2, 0.25) is 0 Å². The van der Waals surface area contributed by atoms with E-state index in [1.54, 1.807) is 6.07 Å². The van der Waals surface area contributed by atoms with E-state index in [4.69, 9.17) is 5.11 Å². The molecule has 0 unspecified atom stereocenters. The number of phenols is 1. The average Bonchev–Trinajstić information content (AvgIpc) is 2.47. The van der Waals surface area contributed by atoms with E-state index >= 15 is 0 Å². The number of fused-ring (bicyclic) bond motifs is 1. The minimum absolute atomic E-state index is 0.0591. The van der Waals surface area contributed by atoms with Crippen molar-refractivity contribution in [1.82, 2.24) is 0 Å². The fraction of sp³-hybridized carbons (Fsp3) is 0. The summed E-state index contributed by atoms with van der Waals surface area (Å²) in [6.45, 7) is 0. The Kier molecular flexibility index (Phi) is 3.25. The summed E-state index contributed by atoms with van der Waals surface area (Å²) in [5, 5.41) is 19.0. The molecular formula is C17H10F2O3. The SMILES string of the molecule is O=C(O)c1ccc(-c2cc(F)c3cc(O)ccc3c2)c(F)c1. The molecule has 3 aromatic rings. The summed E-state index contributed by atoms with van der Waals surface area (Å²) >= 11 is 0. The highest BCUT2D eigenvalue weighted by Crippen LogP contribution is 2.30. The summed E-state index contributed by atoms with van der Waals surface area (Å²) in [4.78, 5) is 10.8. The number of aromatic hydroxyl groups is 1. The summed E-state index contributed by atoms with van der Waals surface area (Å²) in [6, 6.07) is 10.4. The molecule has 0 aromatic heterocycles. The maximum absolute atomic E-state index is 14.1. The molecule has 110 valence electrons. The molecule has 0 saturated heterocycles. The normalized spacial score (nSPS) is 10.8. The van der Waals surface area contributed by atoms with E-state index in [-0.39, 0.29) is 22.3 Å². The molecule has 5 heteroatoms. The Bertz CT molecular complexity index is 904. The highest BCUT2D eigenvalue weighted by atomic mass is 19.1. The molecule has 0 heterocycles. The molecule has 0 aliphatic rings. The molecule has 22 heavy (non-hydrogen) atoms.